The molecule has 0 bridgehead atoms. The van der Waals surface area contributed by atoms with Gasteiger partial charge < -0.3 is 10.2 Å². The van der Waals surface area contributed by atoms with Gasteiger partial charge in [0.1, 0.15) is 18.3 Å². The number of nitrogens with zero attached hydrogens (tertiary/aromatic N) is 5. The van der Waals surface area contributed by atoms with E-state index in [9.17, 15) is 14.9 Å². The van der Waals surface area contributed by atoms with Crippen LogP contribution in [0.25, 0.3) is 5.69 Å². The molecular formula is C22H32N6O3. The predicted molar refractivity (Wildman–Crippen MR) is 118 cm³/mol. The zero-order valence-electron chi connectivity index (χ0n) is 19.0. The van der Waals surface area contributed by atoms with Gasteiger partial charge in [-0.15, -0.1) is 0 Å². The summed E-state index contributed by atoms with van der Waals surface area (Å²) in [5, 5.41) is 19.4. The van der Waals surface area contributed by atoms with E-state index in [-0.39, 0.29) is 34.4 Å². The van der Waals surface area contributed by atoms with Gasteiger partial charge in [0.25, 0.3) is 11.6 Å². The van der Waals surface area contributed by atoms with Crippen molar-refractivity contribution >= 4 is 11.6 Å². The topological polar surface area (TPSA) is 106 Å². The fourth-order valence-electron chi connectivity index (χ4n) is 4.76. The first-order valence-corrected chi connectivity index (χ1v) is 10.8. The third-order valence-electron chi connectivity index (χ3n) is 5.71. The molecule has 0 atom stereocenters. The zero-order chi connectivity index (χ0) is 22.8. The summed E-state index contributed by atoms with van der Waals surface area (Å²) in [5.74, 6) is -0.166. The Balaban J connectivity index is 1.96. The van der Waals surface area contributed by atoms with Crippen molar-refractivity contribution in [2.24, 2.45) is 0 Å². The second-order valence-corrected chi connectivity index (χ2v) is 9.61. The highest BCUT2D eigenvalue weighted by Gasteiger charge is 2.41. The van der Waals surface area contributed by atoms with Crippen LogP contribution < -0.4 is 5.32 Å². The number of carbonyl (C=O) groups excluding carboxylic acids is 1. The second-order valence-electron chi connectivity index (χ2n) is 9.61. The molecule has 0 radical (unpaired) electrons. The standard InChI is InChI=1S/C22H32N6O3/c1-6-7-10-26(17-12-21(2,3)25-22(4,5)13-17)20(29)16-8-9-18(19(11-16)28(30)31)27-15-23-14-24-27/h8-9,11,14-15,17,25H,6-7,10,12-13H2,1-5H3. The third kappa shape index (κ3) is 5.28. The molecule has 9 nitrogen and oxygen atoms in total. The van der Waals surface area contributed by atoms with Gasteiger partial charge in [-0.2, -0.15) is 5.10 Å². The molecule has 3 rings (SSSR count). The summed E-state index contributed by atoms with van der Waals surface area (Å²) >= 11 is 0. The Hall–Kier alpha value is -2.81. The van der Waals surface area contributed by atoms with Crippen LogP contribution in [0, 0.1) is 10.1 Å². The van der Waals surface area contributed by atoms with E-state index in [0.29, 0.717) is 12.1 Å². The molecule has 0 unspecified atom stereocenters. The minimum absolute atomic E-state index is 0.0550. The van der Waals surface area contributed by atoms with Crippen molar-refractivity contribution in [3.63, 3.8) is 0 Å². The number of piperidine rings is 1. The molecule has 1 aliphatic rings. The number of carbonyl (C=O) groups is 1. The Labute approximate surface area is 183 Å². The van der Waals surface area contributed by atoms with E-state index < -0.39 is 4.92 Å². The first kappa shape index (κ1) is 22.9. The van der Waals surface area contributed by atoms with Gasteiger partial charge in [-0.05, 0) is 59.1 Å². The second kappa shape index (κ2) is 8.74. The summed E-state index contributed by atoms with van der Waals surface area (Å²) in [6, 6.07) is 4.62. The van der Waals surface area contributed by atoms with Crippen molar-refractivity contribution in [2.75, 3.05) is 6.54 Å². The lowest BCUT2D eigenvalue weighted by molar-refractivity contribution is -0.384. The first-order chi connectivity index (χ1) is 14.5. The van der Waals surface area contributed by atoms with Crippen LogP contribution in [0.4, 0.5) is 5.69 Å². The van der Waals surface area contributed by atoms with E-state index in [1.54, 1.807) is 12.1 Å². The van der Waals surface area contributed by atoms with Crippen LogP contribution in [-0.4, -0.2) is 54.2 Å². The van der Waals surface area contributed by atoms with Crippen LogP contribution >= 0.6 is 0 Å². The molecule has 168 valence electrons. The number of amides is 1. The summed E-state index contributed by atoms with van der Waals surface area (Å²) in [6.07, 6.45) is 6.21. The van der Waals surface area contributed by atoms with Crippen molar-refractivity contribution in [2.45, 2.75) is 77.4 Å². The molecule has 1 aromatic heterocycles. The average molecular weight is 429 g/mol. The van der Waals surface area contributed by atoms with E-state index in [1.807, 2.05) is 4.90 Å². The minimum atomic E-state index is -0.485. The van der Waals surface area contributed by atoms with Crippen LogP contribution in [0.3, 0.4) is 0 Å². The molecule has 1 fully saturated rings. The Morgan fingerprint density at radius 3 is 2.52 bits per heavy atom. The van der Waals surface area contributed by atoms with E-state index in [0.717, 1.165) is 25.7 Å². The number of unbranched alkanes of at least 4 members (excludes halogenated alkanes) is 1. The summed E-state index contributed by atoms with van der Waals surface area (Å²) in [4.78, 5) is 30.6. The highest BCUT2D eigenvalue weighted by molar-refractivity contribution is 5.95. The lowest BCUT2D eigenvalue weighted by Crippen LogP contribution is -2.62. The number of nitro benzene ring substituents is 1. The molecule has 2 aromatic rings. The molecule has 31 heavy (non-hydrogen) atoms. The molecular weight excluding hydrogens is 396 g/mol. The smallest absolute Gasteiger partial charge is 0.295 e. The van der Waals surface area contributed by atoms with Gasteiger partial charge in [-0.1, -0.05) is 13.3 Å². The van der Waals surface area contributed by atoms with Gasteiger partial charge >= 0.3 is 0 Å². The normalized spacial score (nSPS) is 18.0. The van der Waals surface area contributed by atoms with Crippen LogP contribution in [0.2, 0.25) is 0 Å². The number of aromatic nitrogens is 3. The van der Waals surface area contributed by atoms with Crippen molar-refractivity contribution in [3.8, 4) is 5.69 Å². The van der Waals surface area contributed by atoms with Crippen molar-refractivity contribution in [1.82, 2.24) is 25.0 Å². The number of hydrogen-bond donors (Lipinski definition) is 1. The Morgan fingerprint density at radius 2 is 1.97 bits per heavy atom. The largest absolute Gasteiger partial charge is 0.336 e. The third-order valence-corrected chi connectivity index (χ3v) is 5.71. The molecule has 1 aliphatic heterocycles. The highest BCUT2D eigenvalue weighted by Crippen LogP contribution is 2.33. The number of hydrogen-bond acceptors (Lipinski definition) is 6. The first-order valence-electron chi connectivity index (χ1n) is 10.8. The Morgan fingerprint density at radius 1 is 1.29 bits per heavy atom. The van der Waals surface area contributed by atoms with Crippen LogP contribution in [0.1, 0.15) is 70.7 Å². The summed E-state index contributed by atoms with van der Waals surface area (Å²) in [5.41, 5.74) is 0.210. The van der Waals surface area contributed by atoms with Crippen molar-refractivity contribution in [1.29, 1.82) is 0 Å². The molecule has 9 heteroatoms. The molecule has 0 spiro atoms. The van der Waals surface area contributed by atoms with Gasteiger partial charge in [0, 0.05) is 35.3 Å². The van der Waals surface area contributed by atoms with E-state index in [4.69, 9.17) is 0 Å². The molecule has 0 aliphatic carbocycles. The summed E-state index contributed by atoms with van der Waals surface area (Å²) in [6.45, 7) is 11.3. The summed E-state index contributed by atoms with van der Waals surface area (Å²) < 4.78 is 1.33. The Kier molecular flexibility index (Phi) is 6.45. The fourth-order valence-corrected chi connectivity index (χ4v) is 4.76. The maximum atomic E-state index is 13.6. The van der Waals surface area contributed by atoms with Gasteiger partial charge in [-0.3, -0.25) is 14.9 Å². The van der Waals surface area contributed by atoms with Gasteiger partial charge in [0.2, 0.25) is 0 Å². The average Bonchev–Trinajstić information content (AvgIpc) is 3.19. The lowest BCUT2D eigenvalue weighted by Gasteiger charge is -2.49. The molecule has 1 saturated heterocycles. The minimum Gasteiger partial charge on any atom is -0.336 e. The highest BCUT2D eigenvalue weighted by atomic mass is 16.6. The lowest BCUT2D eigenvalue weighted by atomic mass is 9.78. The van der Waals surface area contributed by atoms with Crippen molar-refractivity contribution < 1.29 is 9.72 Å². The number of rotatable bonds is 7. The molecule has 1 N–H and O–H groups in total. The van der Waals surface area contributed by atoms with E-state index >= 15 is 0 Å². The fraction of sp³-hybridized carbons (Fsp3) is 0.591. The monoisotopic (exact) mass is 428 g/mol. The maximum absolute atomic E-state index is 13.6. The SMILES string of the molecule is CCCCN(C(=O)c1ccc(-n2cncn2)c([N+](=O)[O-])c1)C1CC(C)(C)NC(C)(C)C1. The quantitative estimate of drug-likeness (QED) is 0.532. The number of benzene rings is 1. The summed E-state index contributed by atoms with van der Waals surface area (Å²) in [7, 11) is 0. The molecule has 0 saturated carbocycles. The molecule has 1 aromatic carbocycles. The molecule has 2 heterocycles. The van der Waals surface area contributed by atoms with Crippen LogP contribution in [0.15, 0.2) is 30.9 Å². The van der Waals surface area contributed by atoms with E-state index in [1.165, 1.54) is 23.4 Å². The molecule has 1 amide bonds. The van der Waals surface area contributed by atoms with Crippen LogP contribution in [0.5, 0.6) is 0 Å². The van der Waals surface area contributed by atoms with Gasteiger partial charge in [-0.25, -0.2) is 9.67 Å². The Bertz CT molecular complexity index is 923. The van der Waals surface area contributed by atoms with Gasteiger partial charge in [0.05, 0.1) is 4.92 Å². The van der Waals surface area contributed by atoms with Gasteiger partial charge in [0.15, 0.2) is 0 Å². The maximum Gasteiger partial charge on any atom is 0.295 e. The van der Waals surface area contributed by atoms with E-state index in [2.05, 4.69) is 50.0 Å². The zero-order valence-corrected chi connectivity index (χ0v) is 19.0. The van der Waals surface area contributed by atoms with Crippen molar-refractivity contribution in [3.05, 3.63) is 46.5 Å². The predicted octanol–water partition coefficient (Wildman–Crippen LogP) is 3.73. The number of nitro groups is 1. The number of nitrogens with one attached hydrogen (secondary N) is 1. The van der Waals surface area contributed by atoms with Crippen LogP contribution in [-0.2, 0) is 0 Å².